The number of pyridine rings is 2. The maximum absolute atomic E-state index is 12.8. The Bertz CT molecular complexity index is 1650. The van der Waals surface area contributed by atoms with Crippen LogP contribution in [0.4, 0.5) is 5.82 Å². The van der Waals surface area contributed by atoms with Crippen molar-refractivity contribution in [1.29, 1.82) is 5.26 Å². The van der Waals surface area contributed by atoms with Crippen LogP contribution in [0.25, 0.3) is 27.8 Å². The number of carbonyl (C=O) groups excluding carboxylic acids is 1. The molecule has 230 valence electrons. The van der Waals surface area contributed by atoms with Crippen LogP contribution in [0.5, 0.6) is 0 Å². The van der Waals surface area contributed by atoms with Crippen LogP contribution in [0.1, 0.15) is 77.3 Å². The number of aliphatic hydroxyl groups excluding tert-OH is 1. The van der Waals surface area contributed by atoms with Crippen molar-refractivity contribution in [3.05, 3.63) is 54.7 Å². The SMILES string of the molecule is CC(C)NC(=O)C1(C)CCN(c2ccc(-c3cc(-c4cnn([C@H]5CC[C@H](CCO)CC5)c4)cn4ncc(C#N)c34)cn2)CC1. The van der Waals surface area contributed by atoms with E-state index in [4.69, 9.17) is 10.1 Å². The van der Waals surface area contributed by atoms with E-state index in [1.807, 2.05) is 38.5 Å². The summed E-state index contributed by atoms with van der Waals surface area (Å²) in [6.45, 7) is 7.85. The molecule has 4 aromatic heterocycles. The molecule has 1 amide bonds. The maximum Gasteiger partial charge on any atom is 0.226 e. The van der Waals surface area contributed by atoms with Gasteiger partial charge in [-0.1, -0.05) is 6.92 Å². The van der Waals surface area contributed by atoms with Gasteiger partial charge < -0.3 is 15.3 Å². The molecular weight excluding hydrogens is 552 g/mol. The number of carbonyl (C=O) groups is 1. The minimum Gasteiger partial charge on any atom is -0.396 e. The first kappa shape index (κ1) is 29.8. The predicted molar refractivity (Wildman–Crippen MR) is 170 cm³/mol. The molecule has 1 aliphatic carbocycles. The molecule has 5 heterocycles. The summed E-state index contributed by atoms with van der Waals surface area (Å²) >= 11 is 0. The Kier molecular flexibility index (Phi) is 8.41. The first-order chi connectivity index (χ1) is 21.3. The highest BCUT2D eigenvalue weighted by Crippen LogP contribution is 2.37. The first-order valence-corrected chi connectivity index (χ1v) is 15.9. The molecule has 1 saturated carbocycles. The van der Waals surface area contributed by atoms with Crippen molar-refractivity contribution in [2.75, 3.05) is 24.6 Å². The molecule has 0 radical (unpaired) electrons. The van der Waals surface area contributed by atoms with Crippen LogP contribution in [-0.4, -0.2) is 61.1 Å². The van der Waals surface area contributed by atoms with E-state index in [0.717, 1.165) is 91.6 Å². The Morgan fingerprint density at radius 2 is 1.84 bits per heavy atom. The van der Waals surface area contributed by atoms with E-state index < -0.39 is 0 Å². The zero-order valence-electron chi connectivity index (χ0n) is 25.9. The summed E-state index contributed by atoms with van der Waals surface area (Å²) in [7, 11) is 0. The van der Waals surface area contributed by atoms with Crippen LogP contribution in [0.15, 0.2) is 49.2 Å². The number of rotatable bonds is 8. The molecule has 44 heavy (non-hydrogen) atoms. The monoisotopic (exact) mass is 594 g/mol. The standard InChI is InChI=1S/C34H42N8O2/c1-23(2)39-33(44)34(3)11-13-40(14-12-34)31-9-6-25(18-36-31)30-16-26(21-42-32(30)27(17-35)19-38-42)28-20-37-41(22-28)29-7-4-24(5-8-29)10-15-43/h6,9,16,18-24,29,43H,4-5,7-8,10-15H2,1-3H3,(H,39,44)/t24-,29-. The van der Waals surface area contributed by atoms with E-state index >= 15 is 0 Å². The van der Waals surface area contributed by atoms with Gasteiger partial charge in [-0.2, -0.15) is 15.5 Å². The van der Waals surface area contributed by atoms with E-state index in [9.17, 15) is 15.2 Å². The molecule has 2 fully saturated rings. The maximum atomic E-state index is 12.8. The van der Waals surface area contributed by atoms with Crippen LogP contribution < -0.4 is 10.2 Å². The molecule has 0 atom stereocenters. The number of aliphatic hydroxyl groups is 1. The molecular formula is C34H42N8O2. The van der Waals surface area contributed by atoms with Crippen molar-refractivity contribution in [2.24, 2.45) is 11.3 Å². The molecule has 4 aromatic rings. The molecule has 1 aliphatic heterocycles. The number of nitriles is 1. The molecule has 0 bridgehead atoms. The fraction of sp³-hybridized carbons (Fsp3) is 0.500. The fourth-order valence-corrected chi connectivity index (χ4v) is 6.77. The molecule has 2 N–H and O–H groups in total. The zero-order valence-corrected chi connectivity index (χ0v) is 25.9. The quantitative estimate of drug-likeness (QED) is 0.281. The van der Waals surface area contributed by atoms with Gasteiger partial charge in [0.2, 0.25) is 5.91 Å². The van der Waals surface area contributed by atoms with Crippen LogP contribution in [0.2, 0.25) is 0 Å². The zero-order chi connectivity index (χ0) is 30.8. The topological polar surface area (TPSA) is 124 Å². The molecule has 6 rings (SSSR count). The third-order valence-corrected chi connectivity index (χ3v) is 9.61. The fourth-order valence-electron chi connectivity index (χ4n) is 6.77. The highest BCUT2D eigenvalue weighted by molar-refractivity contribution is 5.87. The van der Waals surface area contributed by atoms with Gasteiger partial charge >= 0.3 is 0 Å². The van der Waals surface area contributed by atoms with E-state index in [1.165, 1.54) is 0 Å². The average molecular weight is 595 g/mol. The number of aromatic nitrogens is 5. The molecule has 2 aliphatic rings. The highest BCUT2D eigenvalue weighted by Gasteiger charge is 2.37. The Balaban J connectivity index is 1.23. The van der Waals surface area contributed by atoms with E-state index in [-0.39, 0.29) is 24.0 Å². The summed E-state index contributed by atoms with van der Waals surface area (Å²) < 4.78 is 3.87. The molecule has 0 spiro atoms. The number of hydrogen-bond donors (Lipinski definition) is 2. The third-order valence-electron chi connectivity index (χ3n) is 9.61. The second-order valence-electron chi connectivity index (χ2n) is 13.1. The molecule has 10 heteroatoms. The third kappa shape index (κ3) is 5.93. The van der Waals surface area contributed by atoms with Gasteiger partial charge in [-0.05, 0) is 82.9 Å². The lowest BCUT2D eigenvalue weighted by Gasteiger charge is -2.39. The summed E-state index contributed by atoms with van der Waals surface area (Å²) in [6.07, 6.45) is 16.3. The van der Waals surface area contributed by atoms with E-state index in [0.29, 0.717) is 17.5 Å². The summed E-state index contributed by atoms with van der Waals surface area (Å²) in [6, 6.07) is 8.99. The van der Waals surface area contributed by atoms with Crippen LogP contribution >= 0.6 is 0 Å². The van der Waals surface area contributed by atoms with Crippen LogP contribution in [0.3, 0.4) is 0 Å². The molecule has 0 unspecified atom stereocenters. The Hall–Kier alpha value is -4.23. The van der Waals surface area contributed by atoms with Crippen LogP contribution in [0, 0.1) is 22.7 Å². The van der Waals surface area contributed by atoms with Crippen molar-refractivity contribution in [1.82, 2.24) is 29.7 Å². The largest absolute Gasteiger partial charge is 0.396 e. The van der Waals surface area contributed by atoms with Gasteiger partial charge in [-0.3, -0.25) is 9.48 Å². The molecule has 1 saturated heterocycles. The Labute approximate surface area is 258 Å². The first-order valence-electron chi connectivity index (χ1n) is 15.9. The lowest BCUT2D eigenvalue weighted by Crippen LogP contribution is -2.49. The van der Waals surface area contributed by atoms with Gasteiger partial charge in [-0.25, -0.2) is 9.50 Å². The number of anilines is 1. The number of amides is 1. The van der Waals surface area contributed by atoms with Gasteiger partial charge in [-0.15, -0.1) is 0 Å². The normalized spacial score (nSPS) is 20.1. The highest BCUT2D eigenvalue weighted by atomic mass is 16.3. The van der Waals surface area contributed by atoms with E-state index in [2.05, 4.69) is 51.3 Å². The number of nitrogens with one attached hydrogen (secondary N) is 1. The van der Waals surface area contributed by atoms with Crippen molar-refractivity contribution in [2.45, 2.75) is 77.8 Å². The molecule has 0 aromatic carbocycles. The van der Waals surface area contributed by atoms with Crippen molar-refractivity contribution in [3.8, 4) is 28.3 Å². The van der Waals surface area contributed by atoms with Gasteiger partial charge in [0.25, 0.3) is 0 Å². The molecule has 10 nitrogen and oxygen atoms in total. The average Bonchev–Trinajstić information content (AvgIpc) is 3.69. The predicted octanol–water partition coefficient (Wildman–Crippen LogP) is 5.38. The number of nitrogens with zero attached hydrogens (tertiary/aromatic N) is 7. The lowest BCUT2D eigenvalue weighted by atomic mass is 9.79. The Morgan fingerprint density at radius 3 is 2.50 bits per heavy atom. The second-order valence-corrected chi connectivity index (χ2v) is 13.1. The van der Waals surface area contributed by atoms with Gasteiger partial charge in [0.1, 0.15) is 11.9 Å². The Morgan fingerprint density at radius 1 is 1.07 bits per heavy atom. The number of piperidine rings is 1. The minimum absolute atomic E-state index is 0.129. The van der Waals surface area contributed by atoms with Gasteiger partial charge in [0.15, 0.2) is 0 Å². The van der Waals surface area contributed by atoms with Crippen molar-refractivity contribution < 1.29 is 9.90 Å². The number of hydrogen-bond acceptors (Lipinski definition) is 7. The smallest absolute Gasteiger partial charge is 0.226 e. The van der Waals surface area contributed by atoms with Gasteiger partial charge in [0.05, 0.1) is 29.5 Å². The van der Waals surface area contributed by atoms with Gasteiger partial charge in [0, 0.05) is 72.0 Å². The van der Waals surface area contributed by atoms with Crippen molar-refractivity contribution >= 4 is 17.2 Å². The van der Waals surface area contributed by atoms with Crippen LogP contribution in [-0.2, 0) is 4.79 Å². The summed E-state index contributed by atoms with van der Waals surface area (Å²) in [5, 5.41) is 31.5. The lowest BCUT2D eigenvalue weighted by molar-refractivity contribution is -0.131. The number of fused-ring (bicyclic) bond motifs is 1. The minimum atomic E-state index is -0.365. The van der Waals surface area contributed by atoms with E-state index in [1.54, 1.807) is 10.7 Å². The summed E-state index contributed by atoms with van der Waals surface area (Å²) in [5.41, 5.74) is 4.68. The second kappa shape index (κ2) is 12.4. The summed E-state index contributed by atoms with van der Waals surface area (Å²) in [5.74, 6) is 1.62. The van der Waals surface area contributed by atoms with Crippen molar-refractivity contribution in [3.63, 3.8) is 0 Å². The summed E-state index contributed by atoms with van der Waals surface area (Å²) in [4.78, 5) is 19.8.